The molecule has 0 aliphatic rings. The van der Waals surface area contributed by atoms with Crippen molar-refractivity contribution in [2.24, 2.45) is 0 Å². The van der Waals surface area contributed by atoms with Gasteiger partial charge in [-0.15, -0.1) is 0 Å². The highest BCUT2D eigenvalue weighted by atomic mass is 35.5. The van der Waals surface area contributed by atoms with E-state index in [2.05, 4.69) is 0 Å². The van der Waals surface area contributed by atoms with Gasteiger partial charge in [0, 0.05) is 6.54 Å². The molecule has 0 aromatic heterocycles. The van der Waals surface area contributed by atoms with E-state index >= 15 is 0 Å². The quantitative estimate of drug-likeness (QED) is 0.848. The Morgan fingerprint density at radius 3 is 2.53 bits per heavy atom. The van der Waals surface area contributed by atoms with Crippen LogP contribution in [0.15, 0.2) is 12.1 Å². The van der Waals surface area contributed by atoms with Crippen LogP contribution in [-0.2, 0) is 4.79 Å². The van der Waals surface area contributed by atoms with Crippen molar-refractivity contribution in [1.29, 1.82) is 0 Å². The number of carbonyl (C=O) groups excluding carboxylic acids is 1. The molecule has 0 aliphatic heterocycles. The molecule has 0 spiro atoms. The number of carbonyl (C=O) groups is 2. The summed E-state index contributed by atoms with van der Waals surface area (Å²) in [6, 6.07) is 1.81. The maximum absolute atomic E-state index is 13.7. The molecule has 1 amide bonds. The zero-order chi connectivity index (χ0) is 14.6. The molecule has 0 saturated heterocycles. The number of rotatable bonds is 5. The Morgan fingerprint density at radius 1 is 1.37 bits per heavy atom. The fraction of sp³-hybridized carbons (Fsp3) is 0.333. The average Bonchev–Trinajstić information content (AvgIpc) is 2.34. The van der Waals surface area contributed by atoms with Gasteiger partial charge in [0.05, 0.1) is 5.56 Å². The first-order chi connectivity index (χ1) is 8.88. The number of amides is 1. The maximum atomic E-state index is 13.7. The molecule has 7 heteroatoms. The second-order valence-corrected chi connectivity index (χ2v) is 4.22. The molecule has 0 atom stereocenters. The lowest BCUT2D eigenvalue weighted by atomic mass is 10.1. The van der Waals surface area contributed by atoms with Crippen LogP contribution in [0.2, 0.25) is 5.02 Å². The van der Waals surface area contributed by atoms with E-state index in [1.807, 2.05) is 0 Å². The molecule has 0 radical (unpaired) electrons. The van der Waals surface area contributed by atoms with Gasteiger partial charge in [0.15, 0.2) is 5.82 Å². The van der Waals surface area contributed by atoms with Crippen molar-refractivity contribution in [3.05, 3.63) is 34.4 Å². The van der Waals surface area contributed by atoms with E-state index < -0.39 is 40.6 Å². The molecule has 1 N–H and O–H groups in total. The molecule has 0 fully saturated rings. The van der Waals surface area contributed by atoms with Crippen molar-refractivity contribution in [2.45, 2.75) is 13.3 Å². The topological polar surface area (TPSA) is 57.6 Å². The van der Waals surface area contributed by atoms with Gasteiger partial charge in [0.1, 0.15) is 17.4 Å². The molecule has 1 aromatic rings. The average molecular weight is 292 g/mol. The van der Waals surface area contributed by atoms with Gasteiger partial charge in [0.25, 0.3) is 5.91 Å². The number of carboxylic acid groups (broad SMARTS) is 1. The van der Waals surface area contributed by atoms with Crippen LogP contribution < -0.4 is 0 Å². The monoisotopic (exact) mass is 291 g/mol. The van der Waals surface area contributed by atoms with Crippen molar-refractivity contribution in [3.8, 4) is 0 Å². The minimum absolute atomic E-state index is 0.152. The lowest BCUT2D eigenvalue weighted by Gasteiger charge is -2.20. The summed E-state index contributed by atoms with van der Waals surface area (Å²) < 4.78 is 26.7. The number of halogens is 3. The highest BCUT2D eigenvalue weighted by molar-refractivity contribution is 6.31. The van der Waals surface area contributed by atoms with E-state index in [-0.39, 0.29) is 6.54 Å². The first kappa shape index (κ1) is 15.4. The van der Waals surface area contributed by atoms with Gasteiger partial charge in [-0.3, -0.25) is 9.59 Å². The van der Waals surface area contributed by atoms with E-state index in [4.69, 9.17) is 16.7 Å². The Morgan fingerprint density at radius 2 is 2.00 bits per heavy atom. The lowest BCUT2D eigenvalue weighted by molar-refractivity contribution is -0.137. The maximum Gasteiger partial charge on any atom is 0.323 e. The van der Waals surface area contributed by atoms with Crippen LogP contribution in [0, 0.1) is 11.6 Å². The summed E-state index contributed by atoms with van der Waals surface area (Å²) in [6.45, 7) is 1.34. The second kappa shape index (κ2) is 6.47. The zero-order valence-corrected chi connectivity index (χ0v) is 10.9. The molecule has 0 unspecified atom stereocenters. The summed E-state index contributed by atoms with van der Waals surface area (Å²) in [5.74, 6) is -4.20. The second-order valence-electron chi connectivity index (χ2n) is 3.84. The third-order valence-corrected chi connectivity index (χ3v) is 2.72. The molecule has 4 nitrogen and oxygen atoms in total. The Balaban J connectivity index is 3.09. The van der Waals surface area contributed by atoms with Crippen molar-refractivity contribution < 1.29 is 23.5 Å². The molecule has 0 saturated carbocycles. The minimum Gasteiger partial charge on any atom is -0.480 e. The number of benzene rings is 1. The van der Waals surface area contributed by atoms with Gasteiger partial charge < -0.3 is 10.0 Å². The van der Waals surface area contributed by atoms with E-state index in [1.54, 1.807) is 6.92 Å². The van der Waals surface area contributed by atoms with Gasteiger partial charge in [0.2, 0.25) is 0 Å². The molecule has 104 valence electrons. The first-order valence-electron chi connectivity index (χ1n) is 5.53. The fourth-order valence-corrected chi connectivity index (χ4v) is 1.71. The van der Waals surface area contributed by atoms with Crippen LogP contribution in [0.5, 0.6) is 0 Å². The predicted octanol–water partition coefficient (Wildman–Crippen LogP) is 2.56. The highest BCUT2D eigenvalue weighted by Crippen LogP contribution is 2.23. The number of aliphatic carboxylic acids is 1. The zero-order valence-electron chi connectivity index (χ0n) is 10.1. The summed E-state index contributed by atoms with van der Waals surface area (Å²) in [4.78, 5) is 23.6. The minimum atomic E-state index is -1.21. The molecule has 19 heavy (non-hydrogen) atoms. The Hall–Kier alpha value is -1.69. The van der Waals surface area contributed by atoms with E-state index in [9.17, 15) is 18.4 Å². The molecule has 0 aliphatic carbocycles. The van der Waals surface area contributed by atoms with Gasteiger partial charge >= 0.3 is 5.97 Å². The summed E-state index contributed by atoms with van der Waals surface area (Å²) in [5, 5.41) is 7.92. The van der Waals surface area contributed by atoms with E-state index in [1.165, 1.54) is 0 Å². The lowest BCUT2D eigenvalue weighted by Crippen LogP contribution is -2.36. The van der Waals surface area contributed by atoms with E-state index in [0.29, 0.717) is 6.42 Å². The van der Waals surface area contributed by atoms with Crippen LogP contribution in [0.3, 0.4) is 0 Å². The summed E-state index contributed by atoms with van der Waals surface area (Å²) >= 11 is 5.38. The molecular weight excluding hydrogens is 280 g/mol. The Labute approximate surface area is 113 Å². The molecule has 1 rings (SSSR count). The smallest absolute Gasteiger partial charge is 0.323 e. The SMILES string of the molecule is CCCN(CC(=O)O)C(=O)c1ccc(F)c(Cl)c1F. The largest absolute Gasteiger partial charge is 0.480 e. The van der Waals surface area contributed by atoms with Crippen molar-refractivity contribution in [1.82, 2.24) is 4.90 Å². The van der Waals surface area contributed by atoms with Crippen LogP contribution in [0.25, 0.3) is 0 Å². The van der Waals surface area contributed by atoms with Crippen LogP contribution in [0.1, 0.15) is 23.7 Å². The Kier molecular flexibility index (Phi) is 5.23. The van der Waals surface area contributed by atoms with Gasteiger partial charge in [-0.25, -0.2) is 8.78 Å². The molecule has 1 aromatic carbocycles. The molecular formula is C12H12ClF2NO3. The number of nitrogens with zero attached hydrogens (tertiary/aromatic N) is 1. The molecule has 0 bridgehead atoms. The third kappa shape index (κ3) is 3.64. The number of hydrogen-bond acceptors (Lipinski definition) is 2. The predicted molar refractivity (Wildman–Crippen MR) is 65.2 cm³/mol. The Bertz CT molecular complexity index is 508. The van der Waals surface area contributed by atoms with Crippen LogP contribution in [-0.4, -0.2) is 35.0 Å². The van der Waals surface area contributed by atoms with Crippen LogP contribution in [0.4, 0.5) is 8.78 Å². The summed E-state index contributed by atoms with van der Waals surface area (Å²) in [7, 11) is 0. The summed E-state index contributed by atoms with van der Waals surface area (Å²) in [6.07, 6.45) is 0.509. The van der Waals surface area contributed by atoms with Crippen molar-refractivity contribution in [2.75, 3.05) is 13.1 Å². The standard InChI is InChI=1S/C12H12ClF2NO3/c1-2-5-16(6-9(17)18)12(19)7-3-4-8(14)10(13)11(7)15/h3-4H,2,5-6H2,1H3,(H,17,18). The highest BCUT2D eigenvalue weighted by Gasteiger charge is 2.23. The van der Waals surface area contributed by atoms with Crippen LogP contribution >= 0.6 is 11.6 Å². The molecule has 0 heterocycles. The normalized spacial score (nSPS) is 10.3. The van der Waals surface area contributed by atoms with Crippen molar-refractivity contribution >= 4 is 23.5 Å². The third-order valence-electron chi connectivity index (χ3n) is 2.37. The van der Waals surface area contributed by atoms with Crippen molar-refractivity contribution in [3.63, 3.8) is 0 Å². The number of carboxylic acids is 1. The number of hydrogen-bond donors (Lipinski definition) is 1. The van der Waals surface area contributed by atoms with Gasteiger partial charge in [-0.1, -0.05) is 18.5 Å². The van der Waals surface area contributed by atoms with E-state index in [0.717, 1.165) is 17.0 Å². The fourth-order valence-electron chi connectivity index (χ4n) is 1.55. The van der Waals surface area contributed by atoms with Gasteiger partial charge in [-0.05, 0) is 18.6 Å². The van der Waals surface area contributed by atoms with Gasteiger partial charge in [-0.2, -0.15) is 0 Å². The first-order valence-corrected chi connectivity index (χ1v) is 5.90. The summed E-state index contributed by atoms with van der Waals surface area (Å²) in [5.41, 5.74) is -0.443.